The molecule has 0 radical (unpaired) electrons. The number of hydrogen-bond donors (Lipinski definition) is 2. The Morgan fingerprint density at radius 2 is 1.35 bits per heavy atom. The molecule has 0 atom stereocenters. The SMILES string of the molecule is c1cnc2c(B3Nc4cccc5cccc(c45)N3)cccc2c1. The van der Waals surface area contributed by atoms with E-state index in [1.807, 2.05) is 12.3 Å². The quantitative estimate of drug-likeness (QED) is 0.527. The van der Waals surface area contributed by atoms with Gasteiger partial charge in [-0.3, -0.25) is 4.98 Å². The summed E-state index contributed by atoms with van der Waals surface area (Å²) >= 11 is 0. The van der Waals surface area contributed by atoms with Gasteiger partial charge in [0.25, 0.3) is 0 Å². The monoisotopic (exact) mass is 295 g/mol. The van der Waals surface area contributed by atoms with Crippen molar-refractivity contribution in [3.05, 3.63) is 72.9 Å². The molecule has 1 aliphatic heterocycles. The van der Waals surface area contributed by atoms with Crippen molar-refractivity contribution in [2.24, 2.45) is 0 Å². The number of hydrogen-bond acceptors (Lipinski definition) is 3. The van der Waals surface area contributed by atoms with E-state index in [0.29, 0.717) is 0 Å². The Morgan fingerprint density at radius 3 is 2.13 bits per heavy atom. The minimum atomic E-state index is 0.00843. The van der Waals surface area contributed by atoms with Crippen LogP contribution in [0.3, 0.4) is 0 Å². The number of benzene rings is 3. The largest absolute Gasteiger partial charge is 0.408 e. The van der Waals surface area contributed by atoms with Crippen molar-refractivity contribution < 1.29 is 0 Å². The molecule has 2 heterocycles. The van der Waals surface area contributed by atoms with E-state index in [0.717, 1.165) is 27.7 Å². The molecule has 0 amide bonds. The maximum Gasteiger partial charge on any atom is 0.408 e. The summed E-state index contributed by atoms with van der Waals surface area (Å²) in [5, 5.41) is 10.9. The second-order valence-corrected chi connectivity index (χ2v) is 5.85. The third-order valence-corrected chi connectivity index (χ3v) is 4.48. The highest BCUT2D eigenvalue weighted by molar-refractivity contribution is 6.82. The predicted molar refractivity (Wildman–Crippen MR) is 98.3 cm³/mol. The lowest BCUT2D eigenvalue weighted by Crippen LogP contribution is -2.48. The van der Waals surface area contributed by atoms with Gasteiger partial charge in [0.05, 0.1) is 5.52 Å². The molecule has 2 N–H and O–H groups in total. The van der Waals surface area contributed by atoms with Crippen LogP contribution < -0.4 is 15.9 Å². The first-order valence-electron chi connectivity index (χ1n) is 7.79. The van der Waals surface area contributed by atoms with Gasteiger partial charge in [-0.25, -0.2) is 0 Å². The molecule has 0 saturated heterocycles. The van der Waals surface area contributed by atoms with Crippen molar-refractivity contribution >= 4 is 45.5 Å². The zero-order valence-corrected chi connectivity index (χ0v) is 12.5. The van der Waals surface area contributed by atoms with Gasteiger partial charge in [-0.05, 0) is 34.4 Å². The van der Waals surface area contributed by atoms with E-state index in [-0.39, 0.29) is 6.98 Å². The van der Waals surface area contributed by atoms with Gasteiger partial charge < -0.3 is 10.5 Å². The molecular formula is C19H14BN3. The molecule has 3 aromatic carbocycles. The van der Waals surface area contributed by atoms with Crippen LogP contribution in [0.5, 0.6) is 0 Å². The average Bonchev–Trinajstić information content (AvgIpc) is 2.61. The van der Waals surface area contributed by atoms with E-state index in [1.165, 1.54) is 10.8 Å². The van der Waals surface area contributed by atoms with Crippen LogP contribution >= 0.6 is 0 Å². The van der Waals surface area contributed by atoms with Crippen molar-refractivity contribution in [2.45, 2.75) is 0 Å². The molecule has 23 heavy (non-hydrogen) atoms. The number of para-hydroxylation sites is 1. The fraction of sp³-hybridized carbons (Fsp3) is 0. The fourth-order valence-corrected chi connectivity index (χ4v) is 3.44. The highest BCUT2D eigenvalue weighted by Gasteiger charge is 2.27. The maximum absolute atomic E-state index is 4.58. The molecule has 3 nitrogen and oxygen atoms in total. The first-order chi connectivity index (χ1) is 11.4. The summed E-state index contributed by atoms with van der Waals surface area (Å²) in [6.45, 7) is 0.00843. The van der Waals surface area contributed by atoms with E-state index in [4.69, 9.17) is 0 Å². The summed E-state index contributed by atoms with van der Waals surface area (Å²) in [5.41, 5.74) is 4.52. The zero-order chi connectivity index (χ0) is 15.2. The number of nitrogens with one attached hydrogen (secondary N) is 2. The van der Waals surface area contributed by atoms with Crippen LogP contribution in [0.4, 0.5) is 11.4 Å². The highest BCUT2D eigenvalue weighted by Crippen LogP contribution is 2.33. The van der Waals surface area contributed by atoms with Gasteiger partial charge >= 0.3 is 6.98 Å². The Morgan fingerprint density at radius 1 is 0.696 bits per heavy atom. The summed E-state index contributed by atoms with van der Waals surface area (Å²) in [5.74, 6) is 0. The molecule has 0 unspecified atom stereocenters. The zero-order valence-electron chi connectivity index (χ0n) is 12.5. The normalized spacial score (nSPS) is 13.0. The third kappa shape index (κ3) is 1.88. The van der Waals surface area contributed by atoms with Crippen LogP contribution in [-0.2, 0) is 0 Å². The first-order valence-corrected chi connectivity index (χ1v) is 7.79. The lowest BCUT2D eigenvalue weighted by atomic mass is 9.65. The molecule has 1 aliphatic rings. The Kier molecular flexibility index (Phi) is 2.59. The van der Waals surface area contributed by atoms with Gasteiger partial charge in [0, 0.05) is 23.0 Å². The minimum absolute atomic E-state index is 0.00843. The van der Waals surface area contributed by atoms with Crippen LogP contribution in [0.2, 0.25) is 0 Å². The standard InChI is InChI=1S/C19H14BN3/c1-7-14-8-4-12-21-19(14)15(9-1)20-22-16-10-2-5-13-6-3-11-17(23-20)18(13)16/h1-12,22-23H. The van der Waals surface area contributed by atoms with Crippen molar-refractivity contribution in [1.82, 2.24) is 4.98 Å². The summed E-state index contributed by atoms with van der Waals surface area (Å²) in [7, 11) is 0. The van der Waals surface area contributed by atoms with E-state index < -0.39 is 0 Å². The number of nitrogens with zero attached hydrogens (tertiary/aromatic N) is 1. The van der Waals surface area contributed by atoms with Crippen molar-refractivity contribution in [3.8, 4) is 0 Å². The number of aromatic nitrogens is 1. The summed E-state index contributed by atoms with van der Waals surface area (Å²) in [6.07, 6.45) is 1.85. The Labute approximate surface area is 134 Å². The number of rotatable bonds is 1. The number of anilines is 2. The van der Waals surface area contributed by atoms with Crippen molar-refractivity contribution in [2.75, 3.05) is 10.5 Å². The lowest BCUT2D eigenvalue weighted by Gasteiger charge is -2.27. The maximum atomic E-state index is 4.58. The van der Waals surface area contributed by atoms with Gasteiger partial charge in [-0.1, -0.05) is 48.5 Å². The second-order valence-electron chi connectivity index (χ2n) is 5.85. The van der Waals surface area contributed by atoms with Gasteiger partial charge in [-0.2, -0.15) is 0 Å². The molecule has 1 aromatic heterocycles. The number of fused-ring (bicyclic) bond motifs is 1. The smallest absolute Gasteiger partial charge is 0.405 e. The Balaban J connectivity index is 1.69. The van der Waals surface area contributed by atoms with Gasteiger partial charge in [0.1, 0.15) is 0 Å². The van der Waals surface area contributed by atoms with E-state index in [2.05, 4.69) is 76.1 Å². The molecule has 4 heteroatoms. The third-order valence-electron chi connectivity index (χ3n) is 4.48. The van der Waals surface area contributed by atoms with Crippen LogP contribution in [-0.4, -0.2) is 12.0 Å². The number of pyridine rings is 1. The lowest BCUT2D eigenvalue weighted by molar-refractivity contribution is 1.42. The van der Waals surface area contributed by atoms with E-state index >= 15 is 0 Å². The molecule has 5 rings (SSSR count). The molecule has 0 fully saturated rings. The van der Waals surface area contributed by atoms with Crippen molar-refractivity contribution in [1.29, 1.82) is 0 Å². The summed E-state index contributed by atoms with van der Waals surface area (Å²) < 4.78 is 0. The Bertz CT molecular complexity index is 999. The molecule has 0 bridgehead atoms. The molecule has 0 aliphatic carbocycles. The average molecular weight is 295 g/mol. The van der Waals surface area contributed by atoms with Crippen LogP contribution in [0.1, 0.15) is 0 Å². The molecular weight excluding hydrogens is 281 g/mol. The van der Waals surface area contributed by atoms with Gasteiger partial charge in [0.15, 0.2) is 0 Å². The predicted octanol–water partition coefficient (Wildman–Crippen LogP) is 3.62. The highest BCUT2D eigenvalue weighted by atomic mass is 15.0. The Hall–Kier alpha value is -3.01. The summed E-state index contributed by atoms with van der Waals surface area (Å²) in [6, 6.07) is 23.2. The topological polar surface area (TPSA) is 37.0 Å². The summed E-state index contributed by atoms with van der Waals surface area (Å²) in [4.78, 5) is 4.58. The molecule has 4 aromatic rings. The van der Waals surface area contributed by atoms with E-state index in [9.17, 15) is 0 Å². The first kappa shape index (κ1) is 12.5. The fourth-order valence-electron chi connectivity index (χ4n) is 3.44. The second kappa shape index (κ2) is 4.75. The molecule has 0 saturated carbocycles. The minimum Gasteiger partial charge on any atom is -0.405 e. The molecule has 108 valence electrons. The van der Waals surface area contributed by atoms with Gasteiger partial charge in [0.2, 0.25) is 0 Å². The van der Waals surface area contributed by atoms with Crippen LogP contribution in [0.15, 0.2) is 72.9 Å². The van der Waals surface area contributed by atoms with Crippen LogP contribution in [0, 0.1) is 0 Å². The van der Waals surface area contributed by atoms with Crippen molar-refractivity contribution in [3.63, 3.8) is 0 Å². The van der Waals surface area contributed by atoms with Crippen LogP contribution in [0.25, 0.3) is 21.7 Å². The van der Waals surface area contributed by atoms with E-state index in [1.54, 1.807) is 0 Å². The molecule has 0 spiro atoms. The van der Waals surface area contributed by atoms with Gasteiger partial charge in [-0.15, -0.1) is 0 Å².